The fourth-order valence-corrected chi connectivity index (χ4v) is 1.09. The van der Waals surface area contributed by atoms with Gasteiger partial charge in [0.15, 0.2) is 0 Å². The van der Waals surface area contributed by atoms with Gasteiger partial charge in [-0.15, -0.1) is 0 Å². The van der Waals surface area contributed by atoms with Gasteiger partial charge < -0.3 is 5.32 Å². The summed E-state index contributed by atoms with van der Waals surface area (Å²) in [7, 11) is 0. The Kier molecular flexibility index (Phi) is 6.09. The van der Waals surface area contributed by atoms with Gasteiger partial charge in [-0.2, -0.15) is 0 Å². The summed E-state index contributed by atoms with van der Waals surface area (Å²) in [5, 5.41) is 3.54. The molecule has 0 aromatic rings. The van der Waals surface area contributed by atoms with Crippen molar-refractivity contribution >= 4 is 0 Å². The molecule has 0 heterocycles. The maximum absolute atomic E-state index is 3.54. The summed E-state index contributed by atoms with van der Waals surface area (Å²) in [6.07, 6.45) is 8.03. The van der Waals surface area contributed by atoms with Crippen molar-refractivity contribution in [2.45, 2.75) is 52.5 Å². The molecule has 0 bridgehead atoms. The number of hydrogen-bond donors (Lipinski definition) is 1. The van der Waals surface area contributed by atoms with Crippen LogP contribution in [0, 0.1) is 0 Å². The minimum atomic E-state index is 0.214. The van der Waals surface area contributed by atoms with E-state index in [1.165, 1.54) is 6.42 Å². The summed E-state index contributed by atoms with van der Waals surface area (Å²) in [6, 6.07) is 0. The summed E-state index contributed by atoms with van der Waals surface area (Å²) in [6.45, 7) is 9.97. The van der Waals surface area contributed by atoms with Crippen LogP contribution >= 0.6 is 0 Å². The number of allylic oxidation sites excluding steroid dienone is 1. The Morgan fingerprint density at radius 2 is 1.92 bits per heavy atom. The fourth-order valence-electron chi connectivity index (χ4n) is 1.09. The van der Waals surface area contributed by atoms with Crippen LogP contribution in [0.2, 0.25) is 0 Å². The highest BCUT2D eigenvalue weighted by atomic mass is 14.9. The van der Waals surface area contributed by atoms with E-state index in [1.807, 2.05) is 0 Å². The molecule has 72 valence electrons. The Morgan fingerprint density at radius 3 is 2.33 bits per heavy atom. The number of rotatable bonds is 6. The van der Waals surface area contributed by atoms with E-state index in [0.717, 1.165) is 19.4 Å². The van der Waals surface area contributed by atoms with E-state index in [2.05, 4.69) is 45.2 Å². The van der Waals surface area contributed by atoms with Crippen molar-refractivity contribution in [1.29, 1.82) is 0 Å². The molecular formula is C11H23N. The van der Waals surface area contributed by atoms with Crippen molar-refractivity contribution in [1.82, 2.24) is 5.32 Å². The maximum atomic E-state index is 3.54. The van der Waals surface area contributed by atoms with E-state index < -0.39 is 0 Å². The summed E-state index contributed by atoms with van der Waals surface area (Å²) in [5.74, 6) is 0. The monoisotopic (exact) mass is 169 g/mol. The van der Waals surface area contributed by atoms with Crippen LogP contribution in [0.1, 0.15) is 47.0 Å². The Labute approximate surface area is 77.2 Å². The molecule has 0 aliphatic carbocycles. The second kappa shape index (κ2) is 6.24. The lowest BCUT2D eigenvalue weighted by atomic mass is 9.98. The standard InChI is InChI=1S/C11H23N/c1-5-8-9-11(4,7-3)12-10-6-2/h8-9,12H,5-7,10H2,1-4H3. The Bertz CT molecular complexity index is 129. The van der Waals surface area contributed by atoms with Gasteiger partial charge in [0.2, 0.25) is 0 Å². The minimum Gasteiger partial charge on any atom is -0.308 e. The van der Waals surface area contributed by atoms with E-state index >= 15 is 0 Å². The lowest BCUT2D eigenvalue weighted by molar-refractivity contribution is 0.423. The van der Waals surface area contributed by atoms with Gasteiger partial charge in [-0.05, 0) is 32.7 Å². The van der Waals surface area contributed by atoms with Crippen LogP contribution in [-0.4, -0.2) is 12.1 Å². The molecule has 0 amide bonds. The van der Waals surface area contributed by atoms with Gasteiger partial charge in [0.25, 0.3) is 0 Å². The van der Waals surface area contributed by atoms with Crippen molar-refractivity contribution in [2.24, 2.45) is 0 Å². The molecule has 0 aromatic heterocycles. The second-order valence-electron chi connectivity index (χ2n) is 3.51. The van der Waals surface area contributed by atoms with E-state index in [0.29, 0.717) is 0 Å². The van der Waals surface area contributed by atoms with Crippen molar-refractivity contribution in [3.8, 4) is 0 Å². The summed E-state index contributed by atoms with van der Waals surface area (Å²) >= 11 is 0. The molecule has 0 aromatic carbocycles. The first-order valence-corrected chi connectivity index (χ1v) is 5.11. The topological polar surface area (TPSA) is 12.0 Å². The van der Waals surface area contributed by atoms with E-state index in [4.69, 9.17) is 0 Å². The SMILES string of the molecule is CCC=CC(C)(CC)NCCC. The van der Waals surface area contributed by atoms with Crippen molar-refractivity contribution in [3.05, 3.63) is 12.2 Å². The lowest BCUT2D eigenvalue weighted by Gasteiger charge is -2.26. The van der Waals surface area contributed by atoms with Crippen LogP contribution in [0.3, 0.4) is 0 Å². The maximum Gasteiger partial charge on any atom is 0.0333 e. The summed E-state index contributed by atoms with van der Waals surface area (Å²) in [4.78, 5) is 0. The molecule has 0 radical (unpaired) electrons. The van der Waals surface area contributed by atoms with Crippen molar-refractivity contribution in [2.75, 3.05) is 6.54 Å². The summed E-state index contributed by atoms with van der Waals surface area (Å²) < 4.78 is 0. The summed E-state index contributed by atoms with van der Waals surface area (Å²) in [5.41, 5.74) is 0.214. The first kappa shape index (κ1) is 11.7. The van der Waals surface area contributed by atoms with Crippen molar-refractivity contribution < 1.29 is 0 Å². The Balaban J connectivity index is 3.95. The molecule has 1 atom stereocenters. The molecule has 0 fully saturated rings. The zero-order valence-electron chi connectivity index (χ0n) is 8.98. The van der Waals surface area contributed by atoms with Gasteiger partial charge in [0.05, 0.1) is 0 Å². The third-order valence-electron chi connectivity index (χ3n) is 2.23. The number of nitrogens with one attached hydrogen (secondary N) is 1. The van der Waals surface area contributed by atoms with Gasteiger partial charge in [0.1, 0.15) is 0 Å². The molecule has 1 N–H and O–H groups in total. The van der Waals surface area contributed by atoms with Gasteiger partial charge in [-0.1, -0.05) is 32.9 Å². The van der Waals surface area contributed by atoms with E-state index in [1.54, 1.807) is 0 Å². The van der Waals surface area contributed by atoms with Gasteiger partial charge >= 0.3 is 0 Å². The van der Waals surface area contributed by atoms with E-state index in [-0.39, 0.29) is 5.54 Å². The van der Waals surface area contributed by atoms with Crippen LogP contribution < -0.4 is 5.32 Å². The molecular weight excluding hydrogens is 146 g/mol. The third-order valence-corrected chi connectivity index (χ3v) is 2.23. The van der Waals surface area contributed by atoms with Crippen LogP contribution in [0.5, 0.6) is 0 Å². The molecule has 1 unspecified atom stereocenters. The highest BCUT2D eigenvalue weighted by molar-refractivity contribution is 5.02. The van der Waals surface area contributed by atoms with Gasteiger partial charge in [0, 0.05) is 5.54 Å². The third kappa shape index (κ3) is 4.55. The Morgan fingerprint density at radius 1 is 1.25 bits per heavy atom. The minimum absolute atomic E-state index is 0.214. The van der Waals surface area contributed by atoms with E-state index in [9.17, 15) is 0 Å². The highest BCUT2D eigenvalue weighted by Gasteiger charge is 2.15. The second-order valence-corrected chi connectivity index (χ2v) is 3.51. The first-order valence-electron chi connectivity index (χ1n) is 5.11. The van der Waals surface area contributed by atoms with Crippen LogP contribution in [0.4, 0.5) is 0 Å². The van der Waals surface area contributed by atoms with Crippen LogP contribution in [0.25, 0.3) is 0 Å². The smallest absolute Gasteiger partial charge is 0.0333 e. The normalized spacial score (nSPS) is 16.7. The zero-order valence-corrected chi connectivity index (χ0v) is 8.98. The molecule has 12 heavy (non-hydrogen) atoms. The molecule has 0 aliphatic heterocycles. The molecule has 0 saturated heterocycles. The quantitative estimate of drug-likeness (QED) is 0.602. The lowest BCUT2D eigenvalue weighted by Crippen LogP contribution is -2.40. The average molecular weight is 169 g/mol. The molecule has 0 saturated carbocycles. The predicted molar refractivity (Wildman–Crippen MR) is 56.4 cm³/mol. The Hall–Kier alpha value is -0.300. The average Bonchev–Trinajstić information content (AvgIpc) is 2.11. The molecule has 0 spiro atoms. The molecule has 0 rings (SSSR count). The predicted octanol–water partition coefficient (Wildman–Crippen LogP) is 3.12. The van der Waals surface area contributed by atoms with Crippen molar-refractivity contribution in [3.63, 3.8) is 0 Å². The zero-order chi connectivity index (χ0) is 9.45. The van der Waals surface area contributed by atoms with Gasteiger partial charge in [-0.25, -0.2) is 0 Å². The number of hydrogen-bond acceptors (Lipinski definition) is 1. The fraction of sp³-hybridized carbons (Fsp3) is 0.818. The van der Waals surface area contributed by atoms with Crippen LogP contribution in [0.15, 0.2) is 12.2 Å². The molecule has 1 heteroatoms. The van der Waals surface area contributed by atoms with Crippen LogP contribution in [-0.2, 0) is 0 Å². The largest absolute Gasteiger partial charge is 0.308 e. The van der Waals surface area contributed by atoms with Gasteiger partial charge in [-0.3, -0.25) is 0 Å². The highest BCUT2D eigenvalue weighted by Crippen LogP contribution is 2.11. The first-order chi connectivity index (χ1) is 5.68. The molecule has 1 nitrogen and oxygen atoms in total. The molecule has 0 aliphatic rings.